The summed E-state index contributed by atoms with van der Waals surface area (Å²) >= 11 is 5.87. The van der Waals surface area contributed by atoms with Crippen molar-refractivity contribution >= 4 is 17.3 Å². The van der Waals surface area contributed by atoms with Crippen LogP contribution in [0.3, 0.4) is 0 Å². The molecule has 0 amide bonds. The molecule has 114 valence electrons. The van der Waals surface area contributed by atoms with E-state index in [1.165, 1.54) is 19.3 Å². The minimum atomic E-state index is 0.712. The van der Waals surface area contributed by atoms with Gasteiger partial charge in [-0.3, -0.25) is 0 Å². The van der Waals surface area contributed by atoms with Crippen LogP contribution in [-0.4, -0.2) is 6.54 Å². The maximum atomic E-state index is 5.87. The van der Waals surface area contributed by atoms with Gasteiger partial charge in [0.25, 0.3) is 0 Å². The summed E-state index contributed by atoms with van der Waals surface area (Å²) in [5.74, 6) is 2.36. The molecule has 1 atom stereocenters. The molecule has 0 spiro atoms. The van der Waals surface area contributed by atoms with Gasteiger partial charge in [0.1, 0.15) is 11.5 Å². The summed E-state index contributed by atoms with van der Waals surface area (Å²) in [6, 6.07) is 15.5. The van der Waals surface area contributed by atoms with Crippen LogP contribution >= 0.6 is 11.6 Å². The predicted molar refractivity (Wildman–Crippen MR) is 92.9 cm³/mol. The van der Waals surface area contributed by atoms with Crippen LogP contribution in [0, 0.1) is 5.92 Å². The number of benzene rings is 2. The van der Waals surface area contributed by atoms with Gasteiger partial charge in [-0.05, 0) is 73.7 Å². The largest absolute Gasteiger partial charge is 0.457 e. The zero-order valence-corrected chi connectivity index (χ0v) is 13.2. The zero-order chi connectivity index (χ0) is 15.2. The number of allylic oxidation sites excluding steroid dienone is 2. The van der Waals surface area contributed by atoms with Crippen LogP contribution in [0.5, 0.6) is 11.5 Å². The van der Waals surface area contributed by atoms with Crippen LogP contribution in [0.2, 0.25) is 5.02 Å². The van der Waals surface area contributed by atoms with Crippen LogP contribution in [0.25, 0.3) is 0 Å². The van der Waals surface area contributed by atoms with Crippen LogP contribution < -0.4 is 10.1 Å². The van der Waals surface area contributed by atoms with Gasteiger partial charge >= 0.3 is 0 Å². The third-order valence-electron chi connectivity index (χ3n) is 3.88. The van der Waals surface area contributed by atoms with E-state index in [0.717, 1.165) is 29.6 Å². The molecule has 1 N–H and O–H groups in total. The quantitative estimate of drug-likeness (QED) is 0.694. The molecule has 0 aromatic heterocycles. The molecule has 1 unspecified atom stereocenters. The van der Waals surface area contributed by atoms with Crippen molar-refractivity contribution in [3.63, 3.8) is 0 Å². The molecule has 0 radical (unpaired) electrons. The Balaban J connectivity index is 1.53. The first-order valence-corrected chi connectivity index (χ1v) is 8.10. The van der Waals surface area contributed by atoms with Crippen LogP contribution in [-0.2, 0) is 0 Å². The Kier molecular flexibility index (Phi) is 5.02. The van der Waals surface area contributed by atoms with E-state index in [2.05, 4.69) is 29.6 Å². The van der Waals surface area contributed by atoms with E-state index in [1.54, 1.807) is 0 Å². The molecule has 0 bridgehead atoms. The standard InChI is InChI=1S/C19H20ClNO/c20-16-6-10-18(11-7-16)22-19-12-8-17(9-13-19)21-14-15-4-2-1-3-5-15/h1-2,6-13,15,21H,3-5,14H2. The van der Waals surface area contributed by atoms with Crippen molar-refractivity contribution in [3.05, 3.63) is 65.7 Å². The Hall–Kier alpha value is -1.93. The van der Waals surface area contributed by atoms with Crippen molar-refractivity contribution in [2.45, 2.75) is 19.3 Å². The van der Waals surface area contributed by atoms with E-state index in [-0.39, 0.29) is 0 Å². The van der Waals surface area contributed by atoms with Crippen molar-refractivity contribution < 1.29 is 4.74 Å². The predicted octanol–water partition coefficient (Wildman–Crippen LogP) is 5.90. The van der Waals surface area contributed by atoms with Crippen LogP contribution in [0.15, 0.2) is 60.7 Å². The lowest BCUT2D eigenvalue weighted by Gasteiger charge is -2.18. The average molecular weight is 314 g/mol. The Labute approximate surface area is 136 Å². The van der Waals surface area contributed by atoms with E-state index in [0.29, 0.717) is 5.02 Å². The Morgan fingerprint density at radius 3 is 2.27 bits per heavy atom. The van der Waals surface area contributed by atoms with Crippen molar-refractivity contribution in [1.82, 2.24) is 0 Å². The van der Waals surface area contributed by atoms with Crippen molar-refractivity contribution in [2.24, 2.45) is 5.92 Å². The number of ether oxygens (including phenoxy) is 1. The van der Waals surface area contributed by atoms with Gasteiger partial charge in [0, 0.05) is 17.3 Å². The highest BCUT2D eigenvalue weighted by Gasteiger charge is 2.09. The maximum absolute atomic E-state index is 5.87. The third kappa shape index (κ3) is 4.28. The lowest BCUT2D eigenvalue weighted by Crippen LogP contribution is -2.15. The normalized spacial score (nSPS) is 17.2. The summed E-state index contributed by atoms with van der Waals surface area (Å²) < 4.78 is 5.79. The number of nitrogens with one attached hydrogen (secondary N) is 1. The molecule has 0 heterocycles. The minimum absolute atomic E-state index is 0.712. The number of halogens is 1. The molecule has 3 rings (SSSR count). The summed E-state index contributed by atoms with van der Waals surface area (Å²) in [6.07, 6.45) is 8.24. The minimum Gasteiger partial charge on any atom is -0.457 e. The first kappa shape index (κ1) is 15.0. The van der Waals surface area contributed by atoms with Gasteiger partial charge < -0.3 is 10.1 Å². The van der Waals surface area contributed by atoms with E-state index >= 15 is 0 Å². The molecule has 22 heavy (non-hydrogen) atoms. The summed E-state index contributed by atoms with van der Waals surface area (Å²) in [6.45, 7) is 1.03. The van der Waals surface area contributed by atoms with Crippen LogP contribution in [0.1, 0.15) is 19.3 Å². The molecule has 0 saturated heterocycles. The van der Waals surface area contributed by atoms with Gasteiger partial charge in [-0.1, -0.05) is 23.8 Å². The molecule has 0 fully saturated rings. The highest BCUT2D eigenvalue weighted by atomic mass is 35.5. The van der Waals surface area contributed by atoms with E-state index in [9.17, 15) is 0 Å². The highest BCUT2D eigenvalue weighted by Crippen LogP contribution is 2.25. The second-order valence-electron chi connectivity index (χ2n) is 5.61. The summed E-state index contributed by atoms with van der Waals surface area (Å²) in [5, 5.41) is 4.22. The molecular weight excluding hydrogens is 294 g/mol. The van der Waals surface area contributed by atoms with Crippen molar-refractivity contribution in [1.29, 1.82) is 0 Å². The van der Waals surface area contributed by atoms with Gasteiger partial charge in [-0.15, -0.1) is 0 Å². The second kappa shape index (κ2) is 7.37. The molecule has 2 aromatic carbocycles. The Bertz CT molecular complexity index is 619. The van der Waals surface area contributed by atoms with Gasteiger partial charge in [-0.25, -0.2) is 0 Å². The van der Waals surface area contributed by atoms with E-state index in [1.807, 2.05) is 36.4 Å². The third-order valence-corrected chi connectivity index (χ3v) is 4.13. The number of hydrogen-bond acceptors (Lipinski definition) is 2. The summed E-state index contributed by atoms with van der Waals surface area (Å²) in [7, 11) is 0. The highest BCUT2D eigenvalue weighted by molar-refractivity contribution is 6.30. The number of anilines is 1. The number of hydrogen-bond donors (Lipinski definition) is 1. The van der Waals surface area contributed by atoms with Crippen LogP contribution in [0.4, 0.5) is 5.69 Å². The SMILES string of the molecule is Clc1ccc(Oc2ccc(NCC3CC=CCC3)cc2)cc1. The molecule has 2 aromatic rings. The fourth-order valence-corrected chi connectivity index (χ4v) is 2.71. The Morgan fingerprint density at radius 2 is 1.64 bits per heavy atom. The second-order valence-corrected chi connectivity index (χ2v) is 6.05. The summed E-state index contributed by atoms with van der Waals surface area (Å²) in [5.41, 5.74) is 1.14. The molecule has 2 nitrogen and oxygen atoms in total. The fraction of sp³-hybridized carbons (Fsp3) is 0.263. The van der Waals surface area contributed by atoms with Gasteiger partial charge in [0.05, 0.1) is 0 Å². The average Bonchev–Trinajstić information content (AvgIpc) is 2.57. The Morgan fingerprint density at radius 1 is 0.955 bits per heavy atom. The monoisotopic (exact) mass is 313 g/mol. The fourth-order valence-electron chi connectivity index (χ4n) is 2.58. The molecule has 1 aliphatic rings. The summed E-state index contributed by atoms with van der Waals surface area (Å²) in [4.78, 5) is 0. The van der Waals surface area contributed by atoms with Crippen molar-refractivity contribution in [3.8, 4) is 11.5 Å². The van der Waals surface area contributed by atoms with E-state index in [4.69, 9.17) is 16.3 Å². The molecule has 0 saturated carbocycles. The van der Waals surface area contributed by atoms with Crippen molar-refractivity contribution in [2.75, 3.05) is 11.9 Å². The smallest absolute Gasteiger partial charge is 0.127 e. The van der Waals surface area contributed by atoms with Gasteiger partial charge in [0.2, 0.25) is 0 Å². The zero-order valence-electron chi connectivity index (χ0n) is 12.5. The first-order chi connectivity index (χ1) is 10.8. The lowest BCUT2D eigenvalue weighted by molar-refractivity contribution is 0.482. The molecule has 0 aliphatic heterocycles. The van der Waals surface area contributed by atoms with E-state index < -0.39 is 0 Å². The lowest BCUT2D eigenvalue weighted by atomic mass is 9.94. The molecule has 3 heteroatoms. The molecule has 1 aliphatic carbocycles. The van der Waals surface area contributed by atoms with Gasteiger partial charge in [-0.2, -0.15) is 0 Å². The van der Waals surface area contributed by atoms with Gasteiger partial charge in [0.15, 0.2) is 0 Å². The topological polar surface area (TPSA) is 21.3 Å². The number of rotatable bonds is 5. The first-order valence-electron chi connectivity index (χ1n) is 7.72. The maximum Gasteiger partial charge on any atom is 0.127 e. The molecular formula is C19H20ClNO.